The van der Waals surface area contributed by atoms with E-state index in [2.05, 4.69) is 29.5 Å². The average molecular weight is 215 g/mol. The van der Waals surface area contributed by atoms with Crippen molar-refractivity contribution in [3.8, 4) is 0 Å². The molecule has 0 aromatic rings. The number of rotatable bonds is 7. The average Bonchev–Trinajstić information content (AvgIpc) is 2.22. The third-order valence-electron chi connectivity index (χ3n) is 1.86. The largest absolute Gasteiger partial charge is 0.382 e. The van der Waals surface area contributed by atoms with E-state index in [1.54, 1.807) is 7.05 Å². The fourth-order valence-corrected chi connectivity index (χ4v) is 1.05. The smallest absolute Gasteiger partial charge is 0.190 e. The number of nitrogens with zero attached hydrogens (tertiary/aromatic N) is 1. The van der Waals surface area contributed by atoms with Gasteiger partial charge in [0, 0.05) is 33.4 Å². The van der Waals surface area contributed by atoms with Crippen LogP contribution in [0.2, 0.25) is 0 Å². The predicted molar refractivity (Wildman–Crippen MR) is 65.3 cm³/mol. The van der Waals surface area contributed by atoms with Crippen LogP contribution in [0.15, 0.2) is 4.99 Å². The van der Waals surface area contributed by atoms with Crippen LogP contribution in [0.1, 0.15) is 27.2 Å². The molecule has 0 fully saturated rings. The molecule has 0 saturated carbocycles. The lowest BCUT2D eigenvalue weighted by molar-refractivity contribution is 0.145. The number of hydrogen-bond acceptors (Lipinski definition) is 2. The summed E-state index contributed by atoms with van der Waals surface area (Å²) < 4.78 is 5.25. The molecule has 0 atom stereocenters. The maximum atomic E-state index is 5.25. The van der Waals surface area contributed by atoms with Gasteiger partial charge in [-0.25, -0.2) is 0 Å². The molecule has 4 heteroatoms. The molecule has 4 nitrogen and oxygen atoms in total. The molecule has 0 aliphatic heterocycles. The summed E-state index contributed by atoms with van der Waals surface area (Å²) in [5.74, 6) is 1.51. The highest BCUT2D eigenvalue weighted by molar-refractivity contribution is 5.79. The van der Waals surface area contributed by atoms with Crippen molar-refractivity contribution >= 4 is 5.96 Å². The van der Waals surface area contributed by atoms with E-state index < -0.39 is 0 Å². The van der Waals surface area contributed by atoms with Gasteiger partial charge in [-0.15, -0.1) is 0 Å². The third kappa shape index (κ3) is 9.53. The molecule has 0 bridgehead atoms. The Morgan fingerprint density at radius 2 is 2.07 bits per heavy atom. The predicted octanol–water partition coefficient (Wildman–Crippen LogP) is 1.23. The SMILES string of the molecule is CCOCCCNC(=NC)NCC(C)C. The van der Waals surface area contributed by atoms with Crippen molar-refractivity contribution in [2.45, 2.75) is 27.2 Å². The third-order valence-corrected chi connectivity index (χ3v) is 1.86. The summed E-state index contributed by atoms with van der Waals surface area (Å²) in [6.45, 7) is 9.81. The van der Waals surface area contributed by atoms with Gasteiger partial charge >= 0.3 is 0 Å². The quantitative estimate of drug-likeness (QED) is 0.381. The molecule has 0 spiro atoms. The minimum atomic E-state index is 0.631. The van der Waals surface area contributed by atoms with E-state index in [1.165, 1.54) is 0 Å². The van der Waals surface area contributed by atoms with E-state index >= 15 is 0 Å². The summed E-state index contributed by atoms with van der Waals surface area (Å²) in [6, 6.07) is 0. The highest BCUT2D eigenvalue weighted by Crippen LogP contribution is 1.87. The van der Waals surface area contributed by atoms with E-state index in [-0.39, 0.29) is 0 Å². The molecule has 0 aromatic heterocycles. The van der Waals surface area contributed by atoms with Crippen molar-refractivity contribution in [2.24, 2.45) is 10.9 Å². The van der Waals surface area contributed by atoms with Crippen LogP contribution in [0.5, 0.6) is 0 Å². The van der Waals surface area contributed by atoms with Gasteiger partial charge in [0.25, 0.3) is 0 Å². The van der Waals surface area contributed by atoms with Crippen LogP contribution in [0, 0.1) is 5.92 Å². The maximum Gasteiger partial charge on any atom is 0.190 e. The van der Waals surface area contributed by atoms with Gasteiger partial charge in [-0.05, 0) is 19.3 Å². The van der Waals surface area contributed by atoms with Crippen LogP contribution in [-0.2, 0) is 4.74 Å². The first-order chi connectivity index (χ1) is 7.20. The lowest BCUT2D eigenvalue weighted by Gasteiger charge is -2.13. The van der Waals surface area contributed by atoms with Crippen molar-refractivity contribution in [3.05, 3.63) is 0 Å². The lowest BCUT2D eigenvalue weighted by Crippen LogP contribution is -2.39. The first-order valence-corrected chi connectivity index (χ1v) is 5.73. The molecule has 15 heavy (non-hydrogen) atoms. The zero-order valence-electron chi connectivity index (χ0n) is 10.5. The Morgan fingerprint density at radius 1 is 1.33 bits per heavy atom. The summed E-state index contributed by atoms with van der Waals surface area (Å²) in [7, 11) is 1.79. The lowest BCUT2D eigenvalue weighted by atomic mass is 10.2. The van der Waals surface area contributed by atoms with Crippen molar-refractivity contribution < 1.29 is 4.74 Å². The Balaban J connectivity index is 3.46. The molecule has 0 amide bonds. The van der Waals surface area contributed by atoms with Gasteiger partial charge in [0.1, 0.15) is 0 Å². The summed E-state index contributed by atoms with van der Waals surface area (Å²) in [5, 5.41) is 6.50. The van der Waals surface area contributed by atoms with E-state index in [1.807, 2.05) is 6.92 Å². The monoisotopic (exact) mass is 215 g/mol. The van der Waals surface area contributed by atoms with E-state index in [9.17, 15) is 0 Å². The minimum absolute atomic E-state index is 0.631. The maximum absolute atomic E-state index is 5.25. The van der Waals surface area contributed by atoms with Gasteiger partial charge < -0.3 is 15.4 Å². The number of hydrogen-bond donors (Lipinski definition) is 2. The van der Waals surface area contributed by atoms with E-state index in [0.717, 1.165) is 38.7 Å². The van der Waals surface area contributed by atoms with Crippen LogP contribution in [0.4, 0.5) is 0 Å². The molecule has 0 radical (unpaired) electrons. The summed E-state index contributed by atoms with van der Waals surface area (Å²) in [6.07, 6.45) is 1.01. The molecule has 0 aliphatic rings. The Morgan fingerprint density at radius 3 is 2.60 bits per heavy atom. The van der Waals surface area contributed by atoms with Crippen LogP contribution in [-0.4, -0.2) is 39.3 Å². The van der Waals surface area contributed by atoms with Gasteiger partial charge in [-0.3, -0.25) is 4.99 Å². The summed E-state index contributed by atoms with van der Waals surface area (Å²) >= 11 is 0. The van der Waals surface area contributed by atoms with Crippen molar-refractivity contribution in [3.63, 3.8) is 0 Å². The van der Waals surface area contributed by atoms with E-state index in [4.69, 9.17) is 4.74 Å². The van der Waals surface area contributed by atoms with Gasteiger partial charge in [0.2, 0.25) is 0 Å². The standard InChI is InChI=1S/C11H25N3O/c1-5-15-8-6-7-13-11(12-4)14-9-10(2)3/h10H,5-9H2,1-4H3,(H2,12,13,14). The Labute approximate surface area is 93.5 Å². The highest BCUT2D eigenvalue weighted by atomic mass is 16.5. The van der Waals surface area contributed by atoms with Crippen LogP contribution in [0.3, 0.4) is 0 Å². The topological polar surface area (TPSA) is 45.6 Å². The highest BCUT2D eigenvalue weighted by Gasteiger charge is 1.97. The van der Waals surface area contributed by atoms with E-state index in [0.29, 0.717) is 5.92 Å². The minimum Gasteiger partial charge on any atom is -0.382 e. The molecule has 0 rings (SSSR count). The van der Waals surface area contributed by atoms with Crippen molar-refractivity contribution in [1.82, 2.24) is 10.6 Å². The molecule has 0 saturated heterocycles. The second-order valence-electron chi connectivity index (χ2n) is 3.82. The number of guanidine groups is 1. The van der Waals surface area contributed by atoms with Crippen LogP contribution < -0.4 is 10.6 Å². The molecule has 0 unspecified atom stereocenters. The van der Waals surface area contributed by atoms with Gasteiger partial charge in [-0.2, -0.15) is 0 Å². The summed E-state index contributed by atoms with van der Waals surface area (Å²) in [4.78, 5) is 4.13. The van der Waals surface area contributed by atoms with Crippen molar-refractivity contribution in [2.75, 3.05) is 33.4 Å². The van der Waals surface area contributed by atoms with Gasteiger partial charge in [-0.1, -0.05) is 13.8 Å². The Hall–Kier alpha value is -0.770. The number of nitrogens with one attached hydrogen (secondary N) is 2. The van der Waals surface area contributed by atoms with Crippen molar-refractivity contribution in [1.29, 1.82) is 0 Å². The molecule has 90 valence electrons. The van der Waals surface area contributed by atoms with Gasteiger partial charge in [0.05, 0.1) is 0 Å². The fraction of sp³-hybridized carbons (Fsp3) is 0.909. The number of aliphatic imine (C=N–C) groups is 1. The fourth-order valence-electron chi connectivity index (χ4n) is 1.05. The zero-order valence-corrected chi connectivity index (χ0v) is 10.5. The normalized spacial score (nSPS) is 11.9. The second kappa shape index (κ2) is 9.77. The number of ether oxygens (including phenoxy) is 1. The first kappa shape index (κ1) is 14.2. The molecular formula is C11H25N3O. The second-order valence-corrected chi connectivity index (χ2v) is 3.82. The summed E-state index contributed by atoms with van der Waals surface area (Å²) in [5.41, 5.74) is 0. The molecule has 0 heterocycles. The molecule has 2 N–H and O–H groups in total. The van der Waals surface area contributed by atoms with Crippen LogP contribution in [0.25, 0.3) is 0 Å². The molecular weight excluding hydrogens is 190 g/mol. The van der Waals surface area contributed by atoms with Crippen LogP contribution >= 0.6 is 0 Å². The Kier molecular flexibility index (Phi) is 9.27. The first-order valence-electron chi connectivity index (χ1n) is 5.73. The molecule has 0 aliphatic carbocycles. The zero-order chi connectivity index (χ0) is 11.5. The van der Waals surface area contributed by atoms with Gasteiger partial charge in [0.15, 0.2) is 5.96 Å². The Bertz CT molecular complexity index is 169. The molecule has 0 aromatic carbocycles.